The number of ether oxygens (including phenoxy) is 1. The highest BCUT2D eigenvalue weighted by molar-refractivity contribution is 5.65. The van der Waals surface area contributed by atoms with Gasteiger partial charge in [0.15, 0.2) is 11.5 Å². The van der Waals surface area contributed by atoms with Crippen molar-refractivity contribution < 1.29 is 24.3 Å². The standard InChI is InChI=1S/C21H20O3.C21H20O2/c1-16-3-11-21(12-4-16)24-23-15-17-5-7-18(8-6-17)19-9-13-20(22-2)14-10-19;1-16-3-9-19(10-4-16)20-11-7-18(8-12-20)15-22-23-21-13-5-17(2)6-14-21/h3-14H,15H2,1-2H3;3-14H,15H2,1-2H3. The van der Waals surface area contributed by atoms with Crippen LogP contribution in [0.25, 0.3) is 22.3 Å². The number of hydrogen-bond acceptors (Lipinski definition) is 5. The van der Waals surface area contributed by atoms with E-state index in [1.54, 1.807) is 7.11 Å². The van der Waals surface area contributed by atoms with Gasteiger partial charge in [0.25, 0.3) is 0 Å². The van der Waals surface area contributed by atoms with Gasteiger partial charge >= 0.3 is 0 Å². The molecule has 238 valence electrons. The molecule has 0 radical (unpaired) electrons. The fourth-order valence-corrected chi connectivity index (χ4v) is 4.64. The van der Waals surface area contributed by atoms with Crippen molar-refractivity contribution >= 4 is 0 Å². The number of rotatable bonds is 11. The summed E-state index contributed by atoms with van der Waals surface area (Å²) < 4.78 is 5.18. The average Bonchev–Trinajstić information content (AvgIpc) is 3.11. The molecule has 6 rings (SSSR count). The fraction of sp³-hybridized carbons (Fsp3) is 0.143. The maximum Gasteiger partial charge on any atom is 0.165 e. The Balaban J connectivity index is 0.000000185. The zero-order valence-corrected chi connectivity index (χ0v) is 27.3. The molecule has 0 aliphatic heterocycles. The minimum absolute atomic E-state index is 0.400. The third-order valence-corrected chi connectivity index (χ3v) is 7.52. The SMILES string of the molecule is COc1ccc(-c2ccc(COOc3ccc(C)cc3)cc2)cc1.Cc1ccc(OOCc2ccc(-c3ccc(C)cc3)cc2)cc1. The smallest absolute Gasteiger partial charge is 0.165 e. The summed E-state index contributed by atoms with van der Waals surface area (Å²) in [5, 5.41) is 0. The Morgan fingerprint density at radius 1 is 0.340 bits per heavy atom. The molecule has 0 aliphatic rings. The largest absolute Gasteiger partial charge is 0.497 e. The lowest BCUT2D eigenvalue weighted by molar-refractivity contribution is -0.217. The summed E-state index contributed by atoms with van der Waals surface area (Å²) in [6, 6.07) is 48.7. The molecule has 5 heteroatoms. The molecule has 0 aromatic heterocycles. The second-order valence-electron chi connectivity index (χ2n) is 11.3. The molecule has 0 unspecified atom stereocenters. The Labute approximate surface area is 277 Å². The van der Waals surface area contributed by atoms with Crippen molar-refractivity contribution in [1.29, 1.82) is 0 Å². The molecular weight excluding hydrogens is 584 g/mol. The second kappa shape index (κ2) is 16.8. The lowest BCUT2D eigenvalue weighted by Crippen LogP contribution is -1.97. The van der Waals surface area contributed by atoms with Crippen LogP contribution in [0, 0.1) is 20.8 Å². The van der Waals surface area contributed by atoms with Crippen LogP contribution in [0.4, 0.5) is 0 Å². The summed E-state index contributed by atoms with van der Waals surface area (Å²) in [7, 11) is 1.67. The van der Waals surface area contributed by atoms with Crippen molar-refractivity contribution in [3.05, 3.63) is 173 Å². The lowest BCUT2D eigenvalue weighted by Gasteiger charge is -2.07. The van der Waals surface area contributed by atoms with Crippen molar-refractivity contribution in [1.82, 2.24) is 0 Å². The highest BCUT2D eigenvalue weighted by Gasteiger charge is 2.02. The topological polar surface area (TPSA) is 46.2 Å². The number of hydrogen-bond donors (Lipinski definition) is 0. The first-order valence-corrected chi connectivity index (χ1v) is 15.6. The van der Waals surface area contributed by atoms with Crippen LogP contribution in [0.1, 0.15) is 27.8 Å². The van der Waals surface area contributed by atoms with Gasteiger partial charge in [-0.25, -0.2) is 0 Å². The van der Waals surface area contributed by atoms with Gasteiger partial charge in [0.1, 0.15) is 19.0 Å². The molecule has 0 saturated heterocycles. The highest BCUT2D eigenvalue weighted by atomic mass is 17.2. The Kier molecular flexibility index (Phi) is 11.8. The van der Waals surface area contributed by atoms with Gasteiger partial charge in [-0.15, -0.1) is 0 Å². The molecule has 0 saturated carbocycles. The summed E-state index contributed by atoms with van der Waals surface area (Å²) in [6.07, 6.45) is 0. The quantitative estimate of drug-likeness (QED) is 0.106. The molecule has 0 spiro atoms. The summed E-state index contributed by atoms with van der Waals surface area (Å²) in [5.74, 6) is 2.28. The van der Waals surface area contributed by atoms with Gasteiger partial charge < -0.3 is 14.5 Å². The predicted molar refractivity (Wildman–Crippen MR) is 188 cm³/mol. The van der Waals surface area contributed by atoms with Crippen molar-refractivity contribution in [3.63, 3.8) is 0 Å². The van der Waals surface area contributed by atoms with Crippen LogP contribution < -0.4 is 14.5 Å². The van der Waals surface area contributed by atoms with Crippen LogP contribution in [0.2, 0.25) is 0 Å². The monoisotopic (exact) mass is 624 g/mol. The zero-order valence-electron chi connectivity index (χ0n) is 27.3. The van der Waals surface area contributed by atoms with E-state index in [1.165, 1.54) is 27.8 Å². The van der Waals surface area contributed by atoms with Gasteiger partial charge in [0.05, 0.1) is 7.11 Å². The summed E-state index contributed by atoms with van der Waals surface area (Å²) in [4.78, 5) is 21.2. The highest BCUT2D eigenvalue weighted by Crippen LogP contribution is 2.24. The van der Waals surface area contributed by atoms with Crippen LogP contribution in [0.5, 0.6) is 17.2 Å². The van der Waals surface area contributed by atoms with Crippen LogP contribution in [0.3, 0.4) is 0 Å². The molecule has 0 aliphatic carbocycles. The van der Waals surface area contributed by atoms with Gasteiger partial charge in [0, 0.05) is 0 Å². The number of benzene rings is 6. The molecule has 0 amide bonds. The molecule has 6 aromatic carbocycles. The van der Waals surface area contributed by atoms with E-state index in [0.29, 0.717) is 24.7 Å². The summed E-state index contributed by atoms with van der Waals surface area (Å²) >= 11 is 0. The normalized spacial score (nSPS) is 10.5. The molecule has 0 heterocycles. The van der Waals surface area contributed by atoms with E-state index in [2.05, 4.69) is 67.6 Å². The van der Waals surface area contributed by atoms with Gasteiger partial charge in [-0.2, -0.15) is 9.78 Å². The van der Waals surface area contributed by atoms with E-state index in [-0.39, 0.29) is 0 Å². The Morgan fingerprint density at radius 2 is 0.617 bits per heavy atom. The van der Waals surface area contributed by atoms with E-state index < -0.39 is 0 Å². The van der Waals surface area contributed by atoms with Crippen LogP contribution in [-0.4, -0.2) is 7.11 Å². The van der Waals surface area contributed by atoms with Gasteiger partial charge in [-0.1, -0.05) is 126 Å². The molecule has 0 N–H and O–H groups in total. The zero-order chi connectivity index (χ0) is 32.8. The number of methoxy groups -OCH3 is 1. The summed E-state index contributed by atoms with van der Waals surface area (Å²) in [5.41, 5.74) is 10.5. The van der Waals surface area contributed by atoms with Crippen molar-refractivity contribution in [2.24, 2.45) is 0 Å². The van der Waals surface area contributed by atoms with E-state index in [0.717, 1.165) is 28.0 Å². The van der Waals surface area contributed by atoms with Gasteiger partial charge in [-0.05, 0) is 90.6 Å². The summed E-state index contributed by atoms with van der Waals surface area (Å²) in [6.45, 7) is 6.99. The third kappa shape index (κ3) is 10.3. The van der Waals surface area contributed by atoms with E-state index in [4.69, 9.17) is 24.3 Å². The second-order valence-corrected chi connectivity index (χ2v) is 11.3. The van der Waals surface area contributed by atoms with Gasteiger partial charge in [0.2, 0.25) is 0 Å². The molecule has 0 atom stereocenters. The Morgan fingerprint density at radius 3 is 0.957 bits per heavy atom. The lowest BCUT2D eigenvalue weighted by atomic mass is 10.0. The number of aryl methyl sites for hydroxylation is 3. The van der Waals surface area contributed by atoms with Crippen LogP contribution in [-0.2, 0) is 23.0 Å². The first kappa shape index (κ1) is 33.0. The Bertz CT molecular complexity index is 1780. The third-order valence-electron chi connectivity index (χ3n) is 7.52. The van der Waals surface area contributed by atoms with Crippen molar-refractivity contribution in [2.75, 3.05) is 7.11 Å². The minimum atomic E-state index is 0.400. The van der Waals surface area contributed by atoms with E-state index in [9.17, 15) is 0 Å². The maximum absolute atomic E-state index is 5.31. The minimum Gasteiger partial charge on any atom is -0.497 e. The first-order valence-electron chi connectivity index (χ1n) is 15.6. The fourth-order valence-electron chi connectivity index (χ4n) is 4.64. The van der Waals surface area contributed by atoms with E-state index >= 15 is 0 Å². The van der Waals surface area contributed by atoms with Gasteiger partial charge in [-0.3, -0.25) is 0 Å². The maximum atomic E-state index is 5.31. The Hall–Kier alpha value is -5.36. The average molecular weight is 625 g/mol. The van der Waals surface area contributed by atoms with Crippen molar-refractivity contribution in [2.45, 2.75) is 34.0 Å². The molecule has 0 fully saturated rings. The molecule has 5 nitrogen and oxygen atoms in total. The predicted octanol–water partition coefficient (Wildman–Crippen LogP) is 10.7. The molecule has 47 heavy (non-hydrogen) atoms. The van der Waals surface area contributed by atoms with Crippen LogP contribution >= 0.6 is 0 Å². The molecule has 6 aromatic rings. The van der Waals surface area contributed by atoms with E-state index in [1.807, 2.05) is 98.8 Å². The first-order chi connectivity index (χ1) is 22.9. The molecular formula is C42H40O5. The molecule has 0 bridgehead atoms. The van der Waals surface area contributed by atoms with Crippen molar-refractivity contribution in [3.8, 4) is 39.5 Å². The van der Waals surface area contributed by atoms with Crippen LogP contribution in [0.15, 0.2) is 146 Å².